The summed E-state index contributed by atoms with van der Waals surface area (Å²) < 4.78 is 0. The smallest absolute Gasteiger partial charge is 0.247 e. The lowest BCUT2D eigenvalue weighted by Gasteiger charge is -2.18. The maximum Gasteiger partial charge on any atom is 0.247 e. The summed E-state index contributed by atoms with van der Waals surface area (Å²) in [5.41, 5.74) is 0.724. The van der Waals surface area contributed by atoms with E-state index in [1.807, 2.05) is 18.7 Å². The fourth-order valence-electron chi connectivity index (χ4n) is 1.72. The fraction of sp³-hybridized carbons (Fsp3) is 0.308. The van der Waals surface area contributed by atoms with E-state index in [1.54, 1.807) is 24.4 Å². The highest BCUT2D eigenvalue weighted by Crippen LogP contribution is 2.27. The second kappa shape index (κ2) is 6.72. The first-order chi connectivity index (χ1) is 9.63. The van der Waals surface area contributed by atoms with Gasteiger partial charge in [-0.05, 0) is 32.0 Å². The zero-order valence-electron chi connectivity index (χ0n) is 11.3. The van der Waals surface area contributed by atoms with Gasteiger partial charge in [0.15, 0.2) is 5.82 Å². The van der Waals surface area contributed by atoms with Gasteiger partial charge in [-0.1, -0.05) is 23.2 Å². The lowest BCUT2D eigenvalue weighted by molar-refractivity contribution is 0.796. The Balaban J connectivity index is 2.23. The van der Waals surface area contributed by atoms with Crippen molar-refractivity contribution in [2.45, 2.75) is 13.8 Å². The number of rotatable bonds is 5. The molecule has 0 fully saturated rings. The largest absolute Gasteiger partial charge is 0.340 e. The molecule has 0 unspecified atom stereocenters. The Morgan fingerprint density at radius 1 is 1.20 bits per heavy atom. The number of hydrogen-bond acceptors (Lipinski definition) is 5. The van der Waals surface area contributed by atoms with Crippen LogP contribution in [0.4, 0.5) is 17.5 Å². The summed E-state index contributed by atoms with van der Waals surface area (Å²) in [7, 11) is 0. The maximum atomic E-state index is 6.12. The quantitative estimate of drug-likeness (QED) is 0.911. The van der Waals surface area contributed by atoms with Gasteiger partial charge in [0.1, 0.15) is 0 Å². The first kappa shape index (κ1) is 14.8. The van der Waals surface area contributed by atoms with E-state index in [0.29, 0.717) is 21.8 Å². The topological polar surface area (TPSA) is 53.9 Å². The second-order valence-corrected chi connectivity index (χ2v) is 4.91. The summed E-state index contributed by atoms with van der Waals surface area (Å²) in [6.07, 6.45) is 1.55. The van der Waals surface area contributed by atoms with E-state index in [9.17, 15) is 0 Å². The average Bonchev–Trinajstić information content (AvgIpc) is 2.44. The molecule has 0 aliphatic rings. The summed E-state index contributed by atoms with van der Waals surface area (Å²) in [6, 6.07) is 5.23. The van der Waals surface area contributed by atoms with Crippen molar-refractivity contribution in [3.05, 3.63) is 34.4 Å². The van der Waals surface area contributed by atoms with Crippen molar-refractivity contribution in [1.82, 2.24) is 15.2 Å². The predicted octanol–water partition coefficient (Wildman–Crippen LogP) is 3.77. The Kier molecular flexibility index (Phi) is 4.98. The van der Waals surface area contributed by atoms with E-state index < -0.39 is 0 Å². The molecule has 0 aliphatic carbocycles. The van der Waals surface area contributed by atoms with E-state index in [2.05, 4.69) is 20.5 Å². The highest BCUT2D eigenvalue weighted by molar-refractivity contribution is 6.36. The van der Waals surface area contributed by atoms with Crippen molar-refractivity contribution in [3.63, 3.8) is 0 Å². The van der Waals surface area contributed by atoms with Gasteiger partial charge >= 0.3 is 0 Å². The summed E-state index contributed by atoms with van der Waals surface area (Å²) in [6.45, 7) is 5.73. The minimum Gasteiger partial charge on any atom is -0.340 e. The van der Waals surface area contributed by atoms with Crippen LogP contribution in [0.15, 0.2) is 24.4 Å². The monoisotopic (exact) mass is 311 g/mol. The molecular weight excluding hydrogens is 297 g/mol. The highest BCUT2D eigenvalue weighted by atomic mass is 35.5. The van der Waals surface area contributed by atoms with E-state index in [-0.39, 0.29) is 0 Å². The number of halogens is 2. The van der Waals surface area contributed by atoms with Crippen molar-refractivity contribution in [1.29, 1.82) is 0 Å². The van der Waals surface area contributed by atoms with Gasteiger partial charge in [-0.25, -0.2) is 0 Å². The molecule has 1 heterocycles. The third-order valence-electron chi connectivity index (χ3n) is 2.79. The Morgan fingerprint density at radius 3 is 2.60 bits per heavy atom. The van der Waals surface area contributed by atoms with Crippen LogP contribution in [0.5, 0.6) is 0 Å². The normalized spacial score (nSPS) is 10.4. The third-order valence-corrected chi connectivity index (χ3v) is 3.34. The Bertz CT molecular complexity index is 587. The zero-order chi connectivity index (χ0) is 14.5. The van der Waals surface area contributed by atoms with Crippen molar-refractivity contribution in [2.24, 2.45) is 0 Å². The summed E-state index contributed by atoms with van der Waals surface area (Å²) in [5.74, 6) is 1.18. The zero-order valence-corrected chi connectivity index (χ0v) is 12.8. The van der Waals surface area contributed by atoms with Crippen LogP contribution in [-0.2, 0) is 0 Å². The van der Waals surface area contributed by atoms with Crippen LogP contribution in [0.25, 0.3) is 0 Å². The number of benzene rings is 1. The summed E-state index contributed by atoms with van der Waals surface area (Å²) in [4.78, 5) is 6.44. The first-order valence-corrected chi connectivity index (χ1v) is 7.06. The van der Waals surface area contributed by atoms with Crippen molar-refractivity contribution in [2.75, 3.05) is 23.3 Å². The molecule has 20 heavy (non-hydrogen) atoms. The fourth-order valence-corrected chi connectivity index (χ4v) is 2.18. The molecule has 0 aliphatic heterocycles. The van der Waals surface area contributed by atoms with Crippen LogP contribution >= 0.6 is 23.2 Å². The maximum absolute atomic E-state index is 6.12. The minimum absolute atomic E-state index is 0.528. The summed E-state index contributed by atoms with van der Waals surface area (Å²) >= 11 is 12.0. The van der Waals surface area contributed by atoms with Crippen LogP contribution in [-0.4, -0.2) is 28.3 Å². The molecule has 7 heteroatoms. The second-order valence-electron chi connectivity index (χ2n) is 4.06. The predicted molar refractivity (Wildman–Crippen MR) is 83.1 cm³/mol. The van der Waals surface area contributed by atoms with Gasteiger partial charge in [-0.2, -0.15) is 10.1 Å². The van der Waals surface area contributed by atoms with E-state index >= 15 is 0 Å². The molecule has 0 atom stereocenters. The van der Waals surface area contributed by atoms with Gasteiger partial charge in [-0.15, -0.1) is 5.10 Å². The van der Waals surface area contributed by atoms with Gasteiger partial charge < -0.3 is 10.2 Å². The van der Waals surface area contributed by atoms with E-state index in [0.717, 1.165) is 18.8 Å². The number of anilines is 3. The molecule has 0 radical (unpaired) electrons. The Morgan fingerprint density at radius 2 is 1.95 bits per heavy atom. The molecule has 1 aromatic heterocycles. The lowest BCUT2D eigenvalue weighted by Crippen LogP contribution is -2.24. The highest BCUT2D eigenvalue weighted by Gasteiger charge is 2.08. The molecule has 2 rings (SSSR count). The number of nitrogens with zero attached hydrogens (tertiary/aromatic N) is 4. The van der Waals surface area contributed by atoms with Crippen molar-refractivity contribution >= 4 is 40.7 Å². The van der Waals surface area contributed by atoms with Crippen molar-refractivity contribution < 1.29 is 0 Å². The lowest BCUT2D eigenvalue weighted by atomic mass is 10.3. The molecule has 0 bridgehead atoms. The number of aromatic nitrogens is 3. The van der Waals surface area contributed by atoms with Gasteiger partial charge in [0.05, 0.1) is 16.9 Å². The molecule has 1 N–H and O–H groups in total. The van der Waals surface area contributed by atoms with Crippen LogP contribution in [0.3, 0.4) is 0 Å². The van der Waals surface area contributed by atoms with Crippen LogP contribution < -0.4 is 10.2 Å². The summed E-state index contributed by atoms with van der Waals surface area (Å²) in [5, 5.41) is 12.2. The van der Waals surface area contributed by atoms with Crippen LogP contribution in [0.1, 0.15) is 13.8 Å². The minimum atomic E-state index is 0.528. The van der Waals surface area contributed by atoms with Gasteiger partial charge in [0, 0.05) is 18.1 Å². The van der Waals surface area contributed by atoms with E-state index in [4.69, 9.17) is 23.2 Å². The molecule has 5 nitrogen and oxygen atoms in total. The van der Waals surface area contributed by atoms with Crippen LogP contribution in [0.2, 0.25) is 10.0 Å². The molecule has 1 aromatic carbocycles. The van der Waals surface area contributed by atoms with Gasteiger partial charge in [0.2, 0.25) is 5.95 Å². The molecule has 106 valence electrons. The first-order valence-electron chi connectivity index (χ1n) is 6.30. The molecule has 0 saturated heterocycles. The molecule has 0 amide bonds. The third kappa shape index (κ3) is 3.49. The SMILES string of the molecule is CCN(CC)c1nncc(Nc2ccc(Cl)cc2Cl)n1. The Labute approximate surface area is 127 Å². The average molecular weight is 312 g/mol. The van der Waals surface area contributed by atoms with Gasteiger partial charge in [-0.3, -0.25) is 0 Å². The molecular formula is C13H15Cl2N5. The van der Waals surface area contributed by atoms with Crippen molar-refractivity contribution in [3.8, 4) is 0 Å². The number of nitrogens with one attached hydrogen (secondary N) is 1. The molecule has 2 aromatic rings. The molecule has 0 spiro atoms. The van der Waals surface area contributed by atoms with Gasteiger partial charge in [0.25, 0.3) is 0 Å². The Hall–Kier alpha value is -1.59. The van der Waals surface area contributed by atoms with Crippen LogP contribution in [0, 0.1) is 0 Å². The standard InChI is InChI=1S/C13H15Cl2N5/c1-3-20(4-2)13-18-12(8-16-19-13)17-11-6-5-9(14)7-10(11)15/h5-8H,3-4H2,1-2H3,(H,17,18,19). The molecule has 0 saturated carbocycles. The number of hydrogen-bond donors (Lipinski definition) is 1. The van der Waals surface area contributed by atoms with E-state index in [1.165, 1.54) is 0 Å².